The predicted molar refractivity (Wildman–Crippen MR) is 120 cm³/mol. The van der Waals surface area contributed by atoms with Gasteiger partial charge in [0.15, 0.2) is 0 Å². The molecule has 3 aromatic rings. The largest absolute Gasteiger partial charge is 0.350 e. The maximum atomic E-state index is 15.0. The molecule has 2 aromatic carbocycles. The quantitative estimate of drug-likeness (QED) is 0.608. The van der Waals surface area contributed by atoms with Crippen LogP contribution < -0.4 is 5.56 Å². The van der Waals surface area contributed by atoms with E-state index >= 15 is 0 Å². The van der Waals surface area contributed by atoms with E-state index in [0.717, 1.165) is 29.4 Å². The summed E-state index contributed by atoms with van der Waals surface area (Å²) in [5, 5.41) is 0.127. The number of aromatic nitrogens is 2. The molecule has 2 aliphatic rings. The van der Waals surface area contributed by atoms with Gasteiger partial charge in [-0.05, 0) is 43.4 Å². The molecule has 8 heteroatoms. The first-order valence-electron chi connectivity index (χ1n) is 10.9. The minimum absolute atomic E-state index is 0.115. The third-order valence-electron chi connectivity index (χ3n) is 6.56. The Kier molecular flexibility index (Phi) is 5.32. The van der Waals surface area contributed by atoms with E-state index in [1.165, 1.54) is 18.2 Å². The average molecular weight is 470 g/mol. The third-order valence-corrected chi connectivity index (χ3v) is 6.80. The number of hydrogen-bond acceptors (Lipinski definition) is 3. The summed E-state index contributed by atoms with van der Waals surface area (Å²) in [6.07, 6.45) is 2.66. The van der Waals surface area contributed by atoms with Gasteiger partial charge in [-0.3, -0.25) is 9.59 Å². The van der Waals surface area contributed by atoms with Gasteiger partial charge in [-0.15, -0.1) is 0 Å². The molecular formula is C25H22ClF2N3O2. The highest BCUT2D eigenvalue weighted by Crippen LogP contribution is 2.52. The normalized spacial score (nSPS) is 17.2. The molecule has 170 valence electrons. The second kappa shape index (κ2) is 8.06. The first kappa shape index (κ1) is 21.8. The standard InChI is InChI=1S/C25H22ClF2N3O2/c26-18-9-4-8-17(14-18)25(27,28)23(33)31-13-5-10-20-19(15-31)21(32)30-22(29-20)24(11-12-24)16-6-2-1-3-7-16/h1-4,6-9,14H,5,10-13,15H2,(H,29,30,32). The summed E-state index contributed by atoms with van der Waals surface area (Å²) in [5.41, 5.74) is 0.803. The molecule has 0 spiro atoms. The number of carbonyl (C=O) groups is 1. The van der Waals surface area contributed by atoms with Crippen molar-refractivity contribution >= 4 is 17.5 Å². The molecule has 1 aromatic heterocycles. The molecule has 1 amide bonds. The number of halogens is 3. The number of aromatic amines is 1. The Bertz CT molecular complexity index is 1270. The van der Waals surface area contributed by atoms with Crippen LogP contribution in [0.15, 0.2) is 59.4 Å². The van der Waals surface area contributed by atoms with Crippen molar-refractivity contribution in [3.63, 3.8) is 0 Å². The fourth-order valence-electron chi connectivity index (χ4n) is 4.57. The number of rotatable bonds is 4. The molecule has 1 saturated carbocycles. The molecule has 0 unspecified atom stereocenters. The number of carbonyl (C=O) groups excluding carboxylic acids is 1. The average Bonchev–Trinajstić information content (AvgIpc) is 3.63. The number of H-pyrrole nitrogens is 1. The Balaban J connectivity index is 1.45. The van der Waals surface area contributed by atoms with Crippen LogP contribution in [-0.2, 0) is 29.1 Å². The SMILES string of the molecule is O=C(N1CCCc2nc(C3(c4ccccc4)CC3)[nH]c(=O)c2C1)C(F)(F)c1cccc(Cl)c1. The highest BCUT2D eigenvalue weighted by Gasteiger charge is 2.49. The molecule has 0 radical (unpaired) electrons. The van der Waals surface area contributed by atoms with Crippen molar-refractivity contribution in [1.29, 1.82) is 0 Å². The lowest BCUT2D eigenvalue weighted by molar-refractivity contribution is -0.159. The van der Waals surface area contributed by atoms with Gasteiger partial charge in [0.1, 0.15) is 5.82 Å². The topological polar surface area (TPSA) is 66.1 Å². The van der Waals surface area contributed by atoms with E-state index in [9.17, 15) is 18.4 Å². The zero-order chi connectivity index (χ0) is 23.2. The van der Waals surface area contributed by atoms with Crippen molar-refractivity contribution in [3.05, 3.63) is 98.2 Å². The van der Waals surface area contributed by atoms with Gasteiger partial charge in [0.2, 0.25) is 0 Å². The van der Waals surface area contributed by atoms with Crippen LogP contribution in [0.5, 0.6) is 0 Å². The third kappa shape index (κ3) is 3.84. The van der Waals surface area contributed by atoms with Crippen molar-refractivity contribution in [2.24, 2.45) is 0 Å². The van der Waals surface area contributed by atoms with E-state index in [4.69, 9.17) is 16.6 Å². The first-order valence-corrected chi connectivity index (χ1v) is 11.3. The zero-order valence-electron chi connectivity index (χ0n) is 17.8. The maximum Gasteiger partial charge on any atom is 0.350 e. The van der Waals surface area contributed by atoms with Gasteiger partial charge < -0.3 is 9.88 Å². The second-order valence-corrected chi connectivity index (χ2v) is 9.14. The van der Waals surface area contributed by atoms with Crippen LogP contribution in [0.2, 0.25) is 5.02 Å². The molecule has 0 saturated heterocycles. The number of hydrogen-bond donors (Lipinski definition) is 1. The maximum absolute atomic E-state index is 15.0. The lowest BCUT2D eigenvalue weighted by atomic mass is 9.94. The van der Waals surface area contributed by atoms with Crippen LogP contribution in [0.25, 0.3) is 0 Å². The van der Waals surface area contributed by atoms with Crippen molar-refractivity contribution in [3.8, 4) is 0 Å². The molecule has 5 nitrogen and oxygen atoms in total. The molecule has 1 aliphatic carbocycles. The lowest BCUT2D eigenvalue weighted by Crippen LogP contribution is -2.42. The van der Waals surface area contributed by atoms with E-state index in [1.807, 2.05) is 30.3 Å². The summed E-state index contributed by atoms with van der Waals surface area (Å²) in [7, 11) is 0. The number of amides is 1. The Morgan fingerprint density at radius 3 is 2.58 bits per heavy atom. The van der Waals surface area contributed by atoms with E-state index in [1.54, 1.807) is 0 Å². The monoisotopic (exact) mass is 469 g/mol. The van der Waals surface area contributed by atoms with Crippen LogP contribution in [-0.4, -0.2) is 27.3 Å². The minimum atomic E-state index is -3.75. The molecule has 0 bridgehead atoms. The Morgan fingerprint density at radius 2 is 1.88 bits per heavy atom. The molecule has 1 N–H and O–H groups in total. The number of benzene rings is 2. The van der Waals surface area contributed by atoms with Crippen LogP contribution in [0.3, 0.4) is 0 Å². The summed E-state index contributed by atoms with van der Waals surface area (Å²) in [5.74, 6) is -4.48. The van der Waals surface area contributed by atoms with Crippen LogP contribution >= 0.6 is 11.6 Å². The van der Waals surface area contributed by atoms with Gasteiger partial charge in [-0.25, -0.2) is 4.98 Å². The summed E-state index contributed by atoms with van der Waals surface area (Å²) in [4.78, 5) is 34.6. The fraction of sp³-hybridized carbons (Fsp3) is 0.320. The number of nitrogens with zero attached hydrogens (tertiary/aromatic N) is 2. The smallest absolute Gasteiger partial charge is 0.333 e. The number of fused-ring (bicyclic) bond motifs is 1. The summed E-state index contributed by atoms with van der Waals surface area (Å²) in [6.45, 7) is -0.0881. The van der Waals surface area contributed by atoms with Crippen LogP contribution in [0.4, 0.5) is 8.78 Å². The number of nitrogens with one attached hydrogen (secondary N) is 1. The van der Waals surface area contributed by atoms with Crippen molar-refractivity contribution in [1.82, 2.24) is 14.9 Å². The number of alkyl halides is 2. The minimum Gasteiger partial charge on any atom is -0.333 e. The van der Waals surface area contributed by atoms with Crippen LogP contribution in [0.1, 0.15) is 47.5 Å². The van der Waals surface area contributed by atoms with E-state index in [-0.39, 0.29) is 34.6 Å². The second-order valence-electron chi connectivity index (χ2n) is 8.70. The van der Waals surface area contributed by atoms with Crippen LogP contribution in [0, 0.1) is 0 Å². The summed E-state index contributed by atoms with van der Waals surface area (Å²) < 4.78 is 30.0. The van der Waals surface area contributed by atoms with Crippen molar-refractivity contribution in [2.75, 3.05) is 6.54 Å². The zero-order valence-corrected chi connectivity index (χ0v) is 18.5. The summed E-state index contributed by atoms with van der Waals surface area (Å²) >= 11 is 5.84. The van der Waals surface area contributed by atoms with Gasteiger partial charge in [-0.2, -0.15) is 8.78 Å². The van der Waals surface area contributed by atoms with Gasteiger partial charge in [0, 0.05) is 17.1 Å². The Hall–Kier alpha value is -3.06. The lowest BCUT2D eigenvalue weighted by Gasteiger charge is -2.26. The van der Waals surface area contributed by atoms with Gasteiger partial charge in [-0.1, -0.05) is 54.1 Å². The Morgan fingerprint density at radius 1 is 1.12 bits per heavy atom. The fourth-order valence-corrected chi connectivity index (χ4v) is 4.76. The van der Waals surface area contributed by atoms with Gasteiger partial charge >= 0.3 is 5.92 Å². The highest BCUT2D eigenvalue weighted by atomic mass is 35.5. The van der Waals surface area contributed by atoms with E-state index in [0.29, 0.717) is 24.4 Å². The van der Waals surface area contributed by atoms with E-state index < -0.39 is 17.4 Å². The first-order chi connectivity index (χ1) is 15.8. The molecule has 0 atom stereocenters. The predicted octanol–water partition coefficient (Wildman–Crippen LogP) is 4.57. The molecule has 33 heavy (non-hydrogen) atoms. The molecule has 1 fully saturated rings. The van der Waals surface area contributed by atoms with Crippen molar-refractivity contribution in [2.45, 2.75) is 43.6 Å². The van der Waals surface area contributed by atoms with Gasteiger partial charge in [0.05, 0.1) is 23.2 Å². The highest BCUT2D eigenvalue weighted by molar-refractivity contribution is 6.30. The molecular weight excluding hydrogens is 448 g/mol. The Labute approximate surface area is 194 Å². The summed E-state index contributed by atoms with van der Waals surface area (Å²) in [6, 6.07) is 15.0. The molecule has 2 heterocycles. The number of aryl methyl sites for hydroxylation is 1. The van der Waals surface area contributed by atoms with Crippen molar-refractivity contribution < 1.29 is 13.6 Å². The molecule has 1 aliphatic heterocycles. The van der Waals surface area contributed by atoms with Gasteiger partial charge in [0.25, 0.3) is 11.5 Å². The van der Waals surface area contributed by atoms with E-state index in [2.05, 4.69) is 4.98 Å². The molecule has 5 rings (SSSR count).